The van der Waals surface area contributed by atoms with Gasteiger partial charge in [0.1, 0.15) is 0 Å². The fourth-order valence-electron chi connectivity index (χ4n) is 3.04. The fraction of sp³-hybridized carbons (Fsp3) is 0.333. The molecule has 0 radical (unpaired) electrons. The summed E-state index contributed by atoms with van der Waals surface area (Å²) in [5.41, 5.74) is 2.87. The van der Waals surface area contributed by atoms with Crippen molar-refractivity contribution in [3.8, 4) is 0 Å². The SMILES string of the molecule is O=C(CNC(=O)c1ccccc1I)NCc1ccccc1CN1CCOCC1. The Morgan fingerprint density at radius 1 is 0.964 bits per heavy atom. The van der Waals surface area contributed by atoms with Crippen LogP contribution in [0.15, 0.2) is 48.5 Å². The van der Waals surface area contributed by atoms with Crippen LogP contribution in [-0.2, 0) is 22.6 Å². The van der Waals surface area contributed by atoms with E-state index in [-0.39, 0.29) is 18.4 Å². The molecule has 2 amide bonds. The van der Waals surface area contributed by atoms with Crippen LogP contribution in [-0.4, -0.2) is 49.6 Å². The van der Waals surface area contributed by atoms with Gasteiger partial charge in [-0.1, -0.05) is 36.4 Å². The van der Waals surface area contributed by atoms with Gasteiger partial charge in [0.25, 0.3) is 5.91 Å². The van der Waals surface area contributed by atoms with Crippen LogP contribution in [0.2, 0.25) is 0 Å². The molecule has 2 aromatic rings. The highest BCUT2D eigenvalue weighted by Gasteiger charge is 2.14. The minimum Gasteiger partial charge on any atom is -0.379 e. The third-order valence-electron chi connectivity index (χ3n) is 4.62. The van der Waals surface area contributed by atoms with Gasteiger partial charge in [-0.15, -0.1) is 0 Å². The summed E-state index contributed by atoms with van der Waals surface area (Å²) in [6.45, 7) is 4.61. The lowest BCUT2D eigenvalue weighted by molar-refractivity contribution is -0.120. The average Bonchev–Trinajstić information content (AvgIpc) is 2.72. The summed E-state index contributed by atoms with van der Waals surface area (Å²) in [5.74, 6) is -0.451. The Balaban J connectivity index is 1.49. The summed E-state index contributed by atoms with van der Waals surface area (Å²) in [7, 11) is 0. The van der Waals surface area contributed by atoms with Crippen molar-refractivity contribution in [3.05, 3.63) is 68.8 Å². The number of ether oxygens (including phenoxy) is 1. The number of hydrogen-bond donors (Lipinski definition) is 2. The second-order valence-corrected chi connectivity index (χ2v) is 7.76. The van der Waals surface area contributed by atoms with E-state index >= 15 is 0 Å². The van der Waals surface area contributed by atoms with Crippen LogP contribution >= 0.6 is 22.6 Å². The van der Waals surface area contributed by atoms with E-state index in [4.69, 9.17) is 4.74 Å². The van der Waals surface area contributed by atoms with E-state index in [1.165, 1.54) is 5.56 Å². The zero-order valence-corrected chi connectivity index (χ0v) is 17.8. The van der Waals surface area contributed by atoms with Gasteiger partial charge in [-0.05, 0) is 45.9 Å². The maximum absolute atomic E-state index is 12.2. The topological polar surface area (TPSA) is 70.7 Å². The van der Waals surface area contributed by atoms with Crippen LogP contribution in [0.5, 0.6) is 0 Å². The van der Waals surface area contributed by atoms with Crippen molar-refractivity contribution < 1.29 is 14.3 Å². The Morgan fingerprint density at radius 3 is 2.39 bits per heavy atom. The number of hydrogen-bond acceptors (Lipinski definition) is 4. The first-order chi connectivity index (χ1) is 13.6. The van der Waals surface area contributed by atoms with E-state index in [0.717, 1.165) is 42.0 Å². The molecular formula is C21H24IN3O3. The summed E-state index contributed by atoms with van der Waals surface area (Å²) < 4.78 is 6.26. The van der Waals surface area contributed by atoms with Crippen LogP contribution in [0.4, 0.5) is 0 Å². The van der Waals surface area contributed by atoms with E-state index in [1.807, 2.05) is 36.4 Å². The number of benzene rings is 2. The highest BCUT2D eigenvalue weighted by molar-refractivity contribution is 14.1. The number of rotatable bonds is 7. The van der Waals surface area contributed by atoms with Crippen LogP contribution in [0, 0.1) is 3.57 Å². The van der Waals surface area contributed by atoms with Gasteiger partial charge in [-0.25, -0.2) is 0 Å². The van der Waals surface area contributed by atoms with Gasteiger partial charge in [0.15, 0.2) is 0 Å². The third kappa shape index (κ3) is 6.02. The number of nitrogens with zero attached hydrogens (tertiary/aromatic N) is 1. The second kappa shape index (κ2) is 10.5. The maximum atomic E-state index is 12.2. The Kier molecular flexibility index (Phi) is 7.81. The molecule has 1 saturated heterocycles. The second-order valence-electron chi connectivity index (χ2n) is 6.60. The van der Waals surface area contributed by atoms with Crippen molar-refractivity contribution in [1.29, 1.82) is 0 Å². The molecule has 6 nitrogen and oxygen atoms in total. The molecule has 1 heterocycles. The summed E-state index contributed by atoms with van der Waals surface area (Å²) >= 11 is 2.11. The third-order valence-corrected chi connectivity index (χ3v) is 5.56. The molecule has 0 spiro atoms. The van der Waals surface area contributed by atoms with Gasteiger partial charge in [0.05, 0.1) is 25.3 Å². The molecule has 0 saturated carbocycles. The summed E-state index contributed by atoms with van der Waals surface area (Å²) in [5, 5.41) is 5.58. The van der Waals surface area contributed by atoms with Crippen LogP contribution in [0.1, 0.15) is 21.5 Å². The van der Waals surface area contributed by atoms with Gasteiger partial charge in [-0.3, -0.25) is 14.5 Å². The Hall–Kier alpha value is -1.97. The molecule has 2 N–H and O–H groups in total. The molecule has 28 heavy (non-hydrogen) atoms. The standard InChI is InChI=1S/C21H24IN3O3/c22-19-8-4-3-7-18(19)21(27)24-14-20(26)23-13-16-5-1-2-6-17(16)15-25-9-11-28-12-10-25/h1-8H,9-15H2,(H,23,26)(H,24,27). The lowest BCUT2D eigenvalue weighted by atomic mass is 10.1. The van der Waals surface area contributed by atoms with Crippen molar-refractivity contribution in [1.82, 2.24) is 15.5 Å². The van der Waals surface area contributed by atoms with Crippen molar-refractivity contribution in [3.63, 3.8) is 0 Å². The lowest BCUT2D eigenvalue weighted by Crippen LogP contribution is -2.37. The molecule has 2 aromatic carbocycles. The normalized spacial score (nSPS) is 14.5. The van der Waals surface area contributed by atoms with Crippen LogP contribution in [0.3, 0.4) is 0 Å². The van der Waals surface area contributed by atoms with Crippen LogP contribution < -0.4 is 10.6 Å². The molecule has 0 aliphatic carbocycles. The fourth-order valence-corrected chi connectivity index (χ4v) is 3.67. The highest BCUT2D eigenvalue weighted by atomic mass is 127. The summed E-state index contributed by atoms with van der Waals surface area (Å²) in [6, 6.07) is 15.4. The molecule has 0 bridgehead atoms. The van der Waals surface area contributed by atoms with Gasteiger partial charge in [-0.2, -0.15) is 0 Å². The summed E-state index contributed by atoms with van der Waals surface area (Å²) in [6.07, 6.45) is 0. The summed E-state index contributed by atoms with van der Waals surface area (Å²) in [4.78, 5) is 26.7. The zero-order chi connectivity index (χ0) is 19.8. The molecule has 3 rings (SSSR count). The van der Waals surface area contributed by atoms with E-state index in [9.17, 15) is 9.59 Å². The van der Waals surface area contributed by atoms with Crippen molar-refractivity contribution >= 4 is 34.4 Å². The van der Waals surface area contributed by atoms with Crippen molar-refractivity contribution in [2.45, 2.75) is 13.1 Å². The van der Waals surface area contributed by atoms with E-state index < -0.39 is 0 Å². The molecule has 0 atom stereocenters. The Bertz CT molecular complexity index is 822. The van der Waals surface area contributed by atoms with Gasteiger partial charge in [0, 0.05) is 29.7 Å². The predicted molar refractivity (Wildman–Crippen MR) is 116 cm³/mol. The minimum absolute atomic E-state index is 0.0462. The number of halogens is 1. The van der Waals surface area contributed by atoms with E-state index in [1.54, 1.807) is 6.07 Å². The molecule has 1 fully saturated rings. The number of morpholine rings is 1. The lowest BCUT2D eigenvalue weighted by Gasteiger charge is -2.27. The highest BCUT2D eigenvalue weighted by Crippen LogP contribution is 2.13. The molecule has 1 aliphatic rings. The van der Waals surface area contributed by atoms with Crippen molar-refractivity contribution in [2.24, 2.45) is 0 Å². The minimum atomic E-state index is -0.243. The first-order valence-electron chi connectivity index (χ1n) is 9.30. The molecule has 0 aromatic heterocycles. The smallest absolute Gasteiger partial charge is 0.252 e. The number of carbonyl (C=O) groups is 2. The number of nitrogens with one attached hydrogen (secondary N) is 2. The zero-order valence-electron chi connectivity index (χ0n) is 15.6. The monoisotopic (exact) mass is 493 g/mol. The van der Waals surface area contributed by atoms with Gasteiger partial charge < -0.3 is 15.4 Å². The first-order valence-corrected chi connectivity index (χ1v) is 10.4. The molecule has 0 unspecified atom stereocenters. The van der Waals surface area contributed by atoms with E-state index in [0.29, 0.717) is 12.1 Å². The first kappa shape index (κ1) is 20.8. The van der Waals surface area contributed by atoms with Gasteiger partial charge >= 0.3 is 0 Å². The number of carbonyl (C=O) groups excluding carboxylic acids is 2. The number of amides is 2. The average molecular weight is 493 g/mol. The van der Waals surface area contributed by atoms with Crippen molar-refractivity contribution in [2.75, 3.05) is 32.8 Å². The van der Waals surface area contributed by atoms with Gasteiger partial charge in [0.2, 0.25) is 5.91 Å². The Morgan fingerprint density at radius 2 is 1.64 bits per heavy atom. The van der Waals surface area contributed by atoms with E-state index in [2.05, 4.69) is 44.2 Å². The van der Waals surface area contributed by atoms with Crippen LogP contribution in [0.25, 0.3) is 0 Å². The molecular weight excluding hydrogens is 469 g/mol. The predicted octanol–water partition coefficient (Wildman–Crippen LogP) is 2.17. The maximum Gasteiger partial charge on any atom is 0.252 e. The molecule has 1 aliphatic heterocycles. The largest absolute Gasteiger partial charge is 0.379 e. The quantitative estimate of drug-likeness (QED) is 0.581. The molecule has 148 valence electrons. The Labute approximate surface area is 178 Å². The molecule has 7 heteroatoms.